The van der Waals surface area contributed by atoms with Crippen LogP contribution in [0.5, 0.6) is 5.75 Å². The normalized spacial score (nSPS) is 12.7. The smallest absolute Gasteiger partial charge is 0.137 e. The van der Waals surface area contributed by atoms with Crippen molar-refractivity contribution < 1.29 is 4.74 Å². The monoisotopic (exact) mass is 264 g/mol. The molecule has 1 heterocycles. The van der Waals surface area contributed by atoms with Crippen LogP contribution >= 0.6 is 0 Å². The maximum atomic E-state index is 5.62. The van der Waals surface area contributed by atoms with Crippen molar-refractivity contribution in [3.63, 3.8) is 0 Å². The summed E-state index contributed by atoms with van der Waals surface area (Å²) in [7, 11) is 0. The minimum atomic E-state index is 0.511. The third kappa shape index (κ3) is 6.58. The molecular formula is C16H28N2O. The highest BCUT2D eigenvalue weighted by atomic mass is 16.5. The van der Waals surface area contributed by atoms with Gasteiger partial charge in [0.15, 0.2) is 0 Å². The first-order valence-electron chi connectivity index (χ1n) is 7.42. The Balaban J connectivity index is 2.40. The maximum Gasteiger partial charge on any atom is 0.137 e. The zero-order valence-electron chi connectivity index (χ0n) is 12.8. The minimum Gasteiger partial charge on any atom is -0.492 e. The van der Waals surface area contributed by atoms with Crippen molar-refractivity contribution >= 4 is 0 Å². The van der Waals surface area contributed by atoms with E-state index in [1.807, 2.05) is 6.20 Å². The lowest BCUT2D eigenvalue weighted by atomic mass is 9.99. The summed E-state index contributed by atoms with van der Waals surface area (Å²) in [6, 6.07) is 2.12. The third-order valence-electron chi connectivity index (χ3n) is 3.08. The van der Waals surface area contributed by atoms with E-state index >= 15 is 0 Å². The molecule has 0 saturated carbocycles. The fourth-order valence-electron chi connectivity index (χ4n) is 1.88. The van der Waals surface area contributed by atoms with Gasteiger partial charge in [0, 0.05) is 6.20 Å². The van der Waals surface area contributed by atoms with Crippen LogP contribution in [0.25, 0.3) is 0 Å². The highest BCUT2D eigenvalue weighted by Gasteiger charge is 2.07. The van der Waals surface area contributed by atoms with Crippen LogP contribution < -0.4 is 10.1 Å². The van der Waals surface area contributed by atoms with Gasteiger partial charge >= 0.3 is 0 Å². The van der Waals surface area contributed by atoms with Gasteiger partial charge in [-0.1, -0.05) is 27.7 Å². The van der Waals surface area contributed by atoms with E-state index < -0.39 is 0 Å². The Bertz CT molecular complexity index is 352. The molecule has 0 saturated heterocycles. The van der Waals surface area contributed by atoms with Crippen molar-refractivity contribution in [3.05, 3.63) is 24.0 Å². The molecule has 0 aliphatic heterocycles. The predicted octanol–water partition coefficient (Wildman–Crippen LogP) is 3.61. The van der Waals surface area contributed by atoms with Crippen LogP contribution in [0.4, 0.5) is 0 Å². The average Bonchev–Trinajstić information content (AvgIpc) is 2.41. The van der Waals surface area contributed by atoms with E-state index in [1.165, 1.54) is 5.56 Å². The van der Waals surface area contributed by atoms with E-state index in [0.717, 1.165) is 38.3 Å². The van der Waals surface area contributed by atoms with Crippen molar-refractivity contribution in [1.29, 1.82) is 0 Å². The van der Waals surface area contributed by atoms with Crippen molar-refractivity contribution in [2.24, 2.45) is 5.92 Å². The van der Waals surface area contributed by atoms with Crippen LogP contribution in [0.2, 0.25) is 0 Å². The fraction of sp³-hybridized carbons (Fsp3) is 0.688. The van der Waals surface area contributed by atoms with Gasteiger partial charge in [0.2, 0.25) is 0 Å². The summed E-state index contributed by atoms with van der Waals surface area (Å²) in [6.45, 7) is 11.7. The molecule has 0 spiro atoms. The molecule has 1 rings (SSSR count). The van der Waals surface area contributed by atoms with Crippen molar-refractivity contribution in [1.82, 2.24) is 10.3 Å². The Labute approximate surface area is 117 Å². The van der Waals surface area contributed by atoms with Crippen molar-refractivity contribution in [2.45, 2.75) is 46.5 Å². The number of hydrogen-bond acceptors (Lipinski definition) is 3. The molecule has 0 aliphatic carbocycles. The van der Waals surface area contributed by atoms with Crippen LogP contribution in [0.15, 0.2) is 18.5 Å². The second-order valence-electron chi connectivity index (χ2n) is 5.59. The van der Waals surface area contributed by atoms with Crippen molar-refractivity contribution in [3.8, 4) is 5.75 Å². The predicted molar refractivity (Wildman–Crippen MR) is 80.8 cm³/mol. The van der Waals surface area contributed by atoms with Crippen LogP contribution in [0.1, 0.15) is 52.0 Å². The molecule has 1 atom stereocenters. The SMILES string of the molecule is CCCOc1cncc(C(C)CCNCC(C)C)c1. The van der Waals surface area contributed by atoms with E-state index in [2.05, 4.69) is 44.1 Å². The van der Waals surface area contributed by atoms with Gasteiger partial charge in [0.25, 0.3) is 0 Å². The number of nitrogens with one attached hydrogen (secondary N) is 1. The van der Waals surface area contributed by atoms with Gasteiger partial charge in [-0.15, -0.1) is 0 Å². The van der Waals surface area contributed by atoms with Gasteiger partial charge in [-0.05, 0) is 49.4 Å². The molecule has 0 fully saturated rings. The summed E-state index contributed by atoms with van der Waals surface area (Å²) in [4.78, 5) is 4.27. The van der Waals surface area contributed by atoms with Gasteiger partial charge < -0.3 is 10.1 Å². The summed E-state index contributed by atoms with van der Waals surface area (Å²) in [5.41, 5.74) is 1.26. The molecule has 0 aliphatic rings. The number of rotatable bonds is 9. The van der Waals surface area contributed by atoms with E-state index in [0.29, 0.717) is 11.8 Å². The molecule has 19 heavy (non-hydrogen) atoms. The summed E-state index contributed by atoms with van der Waals surface area (Å²) in [5.74, 6) is 2.11. The summed E-state index contributed by atoms with van der Waals surface area (Å²) >= 11 is 0. The third-order valence-corrected chi connectivity index (χ3v) is 3.08. The molecular weight excluding hydrogens is 236 g/mol. The van der Waals surface area contributed by atoms with Gasteiger partial charge in [0.05, 0.1) is 12.8 Å². The molecule has 0 aromatic carbocycles. The van der Waals surface area contributed by atoms with Crippen LogP contribution in [0.3, 0.4) is 0 Å². The Hall–Kier alpha value is -1.09. The zero-order valence-corrected chi connectivity index (χ0v) is 12.8. The summed E-state index contributed by atoms with van der Waals surface area (Å²) < 4.78 is 5.62. The van der Waals surface area contributed by atoms with Crippen LogP contribution in [-0.4, -0.2) is 24.7 Å². The lowest BCUT2D eigenvalue weighted by molar-refractivity contribution is 0.315. The number of aromatic nitrogens is 1. The fourth-order valence-corrected chi connectivity index (χ4v) is 1.88. The second-order valence-corrected chi connectivity index (χ2v) is 5.59. The summed E-state index contributed by atoms with van der Waals surface area (Å²) in [6.07, 6.45) is 5.90. The number of hydrogen-bond donors (Lipinski definition) is 1. The van der Waals surface area contributed by atoms with Gasteiger partial charge in [-0.2, -0.15) is 0 Å². The van der Waals surface area contributed by atoms with E-state index in [4.69, 9.17) is 4.74 Å². The van der Waals surface area contributed by atoms with Crippen LogP contribution in [0, 0.1) is 5.92 Å². The topological polar surface area (TPSA) is 34.1 Å². The first kappa shape index (κ1) is 16.0. The highest BCUT2D eigenvalue weighted by molar-refractivity contribution is 5.26. The molecule has 3 heteroatoms. The molecule has 1 aromatic heterocycles. The highest BCUT2D eigenvalue weighted by Crippen LogP contribution is 2.21. The standard InChI is InChI=1S/C16H28N2O/c1-5-8-19-16-9-15(11-18-12-16)14(4)6-7-17-10-13(2)3/h9,11-14,17H,5-8,10H2,1-4H3. The Morgan fingerprint density at radius 3 is 2.74 bits per heavy atom. The van der Waals surface area contributed by atoms with Gasteiger partial charge in [0.1, 0.15) is 5.75 Å². The molecule has 1 N–H and O–H groups in total. The quantitative estimate of drug-likeness (QED) is 0.692. The molecule has 0 radical (unpaired) electrons. The minimum absolute atomic E-state index is 0.511. The summed E-state index contributed by atoms with van der Waals surface area (Å²) in [5, 5.41) is 3.48. The zero-order chi connectivity index (χ0) is 14.1. The van der Waals surface area contributed by atoms with Gasteiger partial charge in [-0.25, -0.2) is 0 Å². The average molecular weight is 264 g/mol. The van der Waals surface area contributed by atoms with E-state index in [1.54, 1.807) is 6.20 Å². The Morgan fingerprint density at radius 1 is 1.26 bits per heavy atom. The molecule has 3 nitrogen and oxygen atoms in total. The molecule has 1 unspecified atom stereocenters. The number of ether oxygens (including phenoxy) is 1. The van der Waals surface area contributed by atoms with Crippen LogP contribution in [-0.2, 0) is 0 Å². The lowest BCUT2D eigenvalue weighted by Crippen LogP contribution is -2.21. The Morgan fingerprint density at radius 2 is 2.05 bits per heavy atom. The molecule has 0 amide bonds. The van der Waals surface area contributed by atoms with Gasteiger partial charge in [-0.3, -0.25) is 4.98 Å². The first-order chi connectivity index (χ1) is 9.13. The number of nitrogens with zero attached hydrogens (tertiary/aromatic N) is 1. The molecule has 108 valence electrons. The lowest BCUT2D eigenvalue weighted by Gasteiger charge is -2.14. The number of pyridine rings is 1. The Kier molecular flexibility index (Phi) is 7.49. The largest absolute Gasteiger partial charge is 0.492 e. The van der Waals surface area contributed by atoms with E-state index in [-0.39, 0.29) is 0 Å². The van der Waals surface area contributed by atoms with Crippen molar-refractivity contribution in [2.75, 3.05) is 19.7 Å². The maximum absolute atomic E-state index is 5.62. The first-order valence-corrected chi connectivity index (χ1v) is 7.42. The second kappa shape index (κ2) is 8.92. The molecule has 0 bridgehead atoms. The van der Waals surface area contributed by atoms with E-state index in [9.17, 15) is 0 Å². The molecule has 1 aromatic rings.